The van der Waals surface area contributed by atoms with Crippen molar-refractivity contribution in [2.24, 2.45) is 5.92 Å². The predicted molar refractivity (Wildman–Crippen MR) is 83.1 cm³/mol. The number of halogens is 1. The molecule has 0 bridgehead atoms. The van der Waals surface area contributed by atoms with Crippen molar-refractivity contribution >= 4 is 15.9 Å². The van der Waals surface area contributed by atoms with Crippen LogP contribution in [0.5, 0.6) is 0 Å². The standard InChI is InChI=1S/C16H16BrN3/c1-10(2)14(9-18)16-19-11(3)8-15(20-16)12-4-6-13(17)7-5-12/h4-8,10,14H,1-3H3. The number of aryl methyl sites for hydroxylation is 1. The van der Waals surface area contributed by atoms with E-state index in [9.17, 15) is 5.26 Å². The third-order valence-corrected chi connectivity index (χ3v) is 3.62. The van der Waals surface area contributed by atoms with Gasteiger partial charge in [0.05, 0.1) is 11.8 Å². The van der Waals surface area contributed by atoms with Crippen LogP contribution in [-0.4, -0.2) is 9.97 Å². The Balaban J connectivity index is 2.49. The van der Waals surface area contributed by atoms with Gasteiger partial charge in [0.25, 0.3) is 0 Å². The van der Waals surface area contributed by atoms with Gasteiger partial charge in [-0.2, -0.15) is 5.26 Å². The first-order chi connectivity index (χ1) is 9.51. The second-order valence-electron chi connectivity index (χ2n) is 5.11. The Hall–Kier alpha value is -1.73. The fourth-order valence-electron chi connectivity index (χ4n) is 2.00. The summed E-state index contributed by atoms with van der Waals surface area (Å²) in [6, 6.07) is 12.2. The molecule has 102 valence electrons. The molecular weight excluding hydrogens is 314 g/mol. The van der Waals surface area contributed by atoms with Crippen LogP contribution < -0.4 is 0 Å². The molecule has 1 aromatic heterocycles. The van der Waals surface area contributed by atoms with Crippen molar-refractivity contribution in [3.05, 3.63) is 46.3 Å². The van der Waals surface area contributed by atoms with Crippen molar-refractivity contribution in [3.63, 3.8) is 0 Å². The Morgan fingerprint density at radius 3 is 2.35 bits per heavy atom. The Morgan fingerprint density at radius 1 is 1.15 bits per heavy atom. The summed E-state index contributed by atoms with van der Waals surface area (Å²) in [6.07, 6.45) is 0. The lowest BCUT2D eigenvalue weighted by Gasteiger charge is -2.13. The summed E-state index contributed by atoms with van der Waals surface area (Å²) in [5.41, 5.74) is 2.77. The average molecular weight is 330 g/mol. The Bertz CT molecular complexity index is 642. The summed E-state index contributed by atoms with van der Waals surface area (Å²) < 4.78 is 1.03. The van der Waals surface area contributed by atoms with E-state index in [1.165, 1.54) is 0 Å². The molecule has 0 radical (unpaired) electrons. The van der Waals surface area contributed by atoms with Gasteiger partial charge in [0.15, 0.2) is 0 Å². The summed E-state index contributed by atoms with van der Waals surface area (Å²) in [6.45, 7) is 5.96. The molecule has 20 heavy (non-hydrogen) atoms. The van der Waals surface area contributed by atoms with Gasteiger partial charge in [-0.1, -0.05) is 41.9 Å². The molecule has 2 rings (SSSR count). The SMILES string of the molecule is Cc1cc(-c2ccc(Br)cc2)nc(C(C#N)C(C)C)n1. The van der Waals surface area contributed by atoms with Crippen LogP contribution in [0, 0.1) is 24.2 Å². The maximum absolute atomic E-state index is 9.30. The molecule has 3 nitrogen and oxygen atoms in total. The smallest absolute Gasteiger partial charge is 0.146 e. The molecule has 0 fully saturated rings. The molecular formula is C16H16BrN3. The summed E-state index contributed by atoms with van der Waals surface area (Å²) in [5, 5.41) is 9.30. The zero-order chi connectivity index (χ0) is 14.7. The van der Waals surface area contributed by atoms with Gasteiger partial charge in [-0.15, -0.1) is 0 Å². The summed E-state index contributed by atoms with van der Waals surface area (Å²) in [7, 11) is 0. The molecule has 0 aliphatic heterocycles. The minimum atomic E-state index is -0.274. The third-order valence-electron chi connectivity index (χ3n) is 3.10. The first-order valence-corrected chi connectivity index (χ1v) is 7.31. The topological polar surface area (TPSA) is 49.6 Å². The van der Waals surface area contributed by atoms with Gasteiger partial charge in [0.2, 0.25) is 0 Å². The van der Waals surface area contributed by atoms with Crippen LogP contribution in [0.3, 0.4) is 0 Å². The molecule has 1 aromatic carbocycles. The number of rotatable bonds is 3. The zero-order valence-corrected chi connectivity index (χ0v) is 13.3. The molecule has 0 saturated carbocycles. The Kier molecular flexibility index (Phi) is 4.51. The fraction of sp³-hybridized carbons (Fsp3) is 0.312. The highest BCUT2D eigenvalue weighted by Gasteiger charge is 2.19. The van der Waals surface area contributed by atoms with E-state index < -0.39 is 0 Å². The van der Waals surface area contributed by atoms with Gasteiger partial charge in [-0.25, -0.2) is 9.97 Å². The van der Waals surface area contributed by atoms with Crippen molar-refractivity contribution in [2.75, 3.05) is 0 Å². The number of aromatic nitrogens is 2. The molecule has 1 unspecified atom stereocenters. The lowest BCUT2D eigenvalue weighted by Crippen LogP contribution is -2.10. The fourth-order valence-corrected chi connectivity index (χ4v) is 2.27. The van der Waals surface area contributed by atoms with Crippen LogP contribution in [0.2, 0.25) is 0 Å². The van der Waals surface area contributed by atoms with Crippen LogP contribution in [0.1, 0.15) is 31.3 Å². The zero-order valence-electron chi connectivity index (χ0n) is 11.8. The van der Waals surface area contributed by atoms with Gasteiger partial charge in [-0.05, 0) is 31.0 Å². The number of nitriles is 1. The molecule has 0 spiro atoms. The highest BCUT2D eigenvalue weighted by atomic mass is 79.9. The van der Waals surface area contributed by atoms with Crippen molar-refractivity contribution in [1.29, 1.82) is 5.26 Å². The molecule has 0 aliphatic carbocycles. The molecule has 4 heteroatoms. The third kappa shape index (κ3) is 3.23. The van der Waals surface area contributed by atoms with Crippen molar-refractivity contribution in [3.8, 4) is 17.3 Å². The number of benzene rings is 1. The van der Waals surface area contributed by atoms with Crippen LogP contribution >= 0.6 is 15.9 Å². The maximum atomic E-state index is 9.30. The lowest BCUT2D eigenvalue weighted by molar-refractivity contribution is 0.560. The normalized spacial score (nSPS) is 12.2. The molecule has 1 atom stereocenters. The highest BCUT2D eigenvalue weighted by molar-refractivity contribution is 9.10. The summed E-state index contributed by atoms with van der Waals surface area (Å²) >= 11 is 3.42. The van der Waals surface area contributed by atoms with Crippen molar-refractivity contribution in [1.82, 2.24) is 9.97 Å². The minimum absolute atomic E-state index is 0.194. The van der Waals surface area contributed by atoms with Gasteiger partial charge in [0, 0.05) is 15.7 Å². The maximum Gasteiger partial charge on any atom is 0.146 e. The van der Waals surface area contributed by atoms with Gasteiger partial charge >= 0.3 is 0 Å². The first-order valence-electron chi connectivity index (χ1n) is 6.52. The molecule has 0 amide bonds. The van der Waals surface area contributed by atoms with Gasteiger partial charge in [0.1, 0.15) is 11.7 Å². The summed E-state index contributed by atoms with van der Waals surface area (Å²) in [4.78, 5) is 9.00. The van der Waals surface area contributed by atoms with E-state index in [1.54, 1.807) is 0 Å². The van der Waals surface area contributed by atoms with Crippen LogP contribution in [0.4, 0.5) is 0 Å². The van der Waals surface area contributed by atoms with Crippen LogP contribution in [0.15, 0.2) is 34.8 Å². The number of nitrogens with zero attached hydrogens (tertiary/aromatic N) is 3. The quantitative estimate of drug-likeness (QED) is 0.834. The highest BCUT2D eigenvalue weighted by Crippen LogP contribution is 2.25. The number of hydrogen-bond acceptors (Lipinski definition) is 3. The largest absolute Gasteiger partial charge is 0.237 e. The van der Waals surface area contributed by atoms with Gasteiger partial charge in [-0.3, -0.25) is 0 Å². The molecule has 0 N–H and O–H groups in total. The van der Waals surface area contributed by atoms with E-state index in [1.807, 2.05) is 51.1 Å². The summed E-state index contributed by atoms with van der Waals surface area (Å²) in [5.74, 6) is 0.532. The minimum Gasteiger partial charge on any atom is -0.237 e. The van der Waals surface area contributed by atoms with Crippen LogP contribution in [-0.2, 0) is 0 Å². The van der Waals surface area contributed by atoms with Gasteiger partial charge < -0.3 is 0 Å². The predicted octanol–water partition coefficient (Wildman–Crippen LogP) is 4.48. The Labute approximate surface area is 127 Å². The average Bonchev–Trinajstić information content (AvgIpc) is 2.39. The van der Waals surface area contributed by atoms with E-state index in [0.717, 1.165) is 21.4 Å². The van der Waals surface area contributed by atoms with E-state index in [4.69, 9.17) is 0 Å². The van der Waals surface area contributed by atoms with Crippen molar-refractivity contribution in [2.45, 2.75) is 26.7 Å². The molecule has 1 heterocycles. The lowest BCUT2D eigenvalue weighted by atomic mass is 9.96. The van der Waals surface area contributed by atoms with E-state index in [-0.39, 0.29) is 11.8 Å². The monoisotopic (exact) mass is 329 g/mol. The Morgan fingerprint density at radius 2 is 1.80 bits per heavy atom. The van der Waals surface area contributed by atoms with E-state index in [0.29, 0.717) is 5.82 Å². The molecule has 0 aliphatic rings. The second-order valence-corrected chi connectivity index (χ2v) is 6.03. The molecule has 0 saturated heterocycles. The molecule has 2 aromatic rings. The first kappa shape index (κ1) is 14.7. The number of hydrogen-bond donors (Lipinski definition) is 0. The van der Waals surface area contributed by atoms with E-state index >= 15 is 0 Å². The van der Waals surface area contributed by atoms with E-state index in [2.05, 4.69) is 32.0 Å². The van der Waals surface area contributed by atoms with Crippen LogP contribution in [0.25, 0.3) is 11.3 Å². The van der Waals surface area contributed by atoms with Crippen molar-refractivity contribution < 1.29 is 0 Å². The second kappa shape index (κ2) is 6.15.